The highest BCUT2D eigenvalue weighted by Gasteiger charge is 2.19. The highest BCUT2D eigenvalue weighted by Crippen LogP contribution is 2.22. The number of halogens is 1. The van der Waals surface area contributed by atoms with Gasteiger partial charge in [-0.25, -0.2) is 0 Å². The van der Waals surface area contributed by atoms with Crippen molar-refractivity contribution in [2.24, 2.45) is 0 Å². The zero-order chi connectivity index (χ0) is 16.2. The van der Waals surface area contributed by atoms with Crippen LogP contribution in [0.15, 0.2) is 18.2 Å². The van der Waals surface area contributed by atoms with E-state index in [9.17, 15) is 9.59 Å². The predicted molar refractivity (Wildman–Crippen MR) is 85.9 cm³/mol. The van der Waals surface area contributed by atoms with Gasteiger partial charge in [-0.15, -0.1) is 0 Å². The maximum Gasteiger partial charge on any atom is 0.254 e. The van der Waals surface area contributed by atoms with E-state index in [2.05, 4.69) is 5.32 Å². The second-order valence-corrected chi connectivity index (χ2v) is 5.68. The molecular weight excluding hydrogens is 290 g/mol. The summed E-state index contributed by atoms with van der Waals surface area (Å²) in [6, 6.07) is 4.70. The SMILES string of the molecule is CC[C@@H](C(=O)Nc1ccc(C(=O)N(C)C)c(Cl)c1)N(C)C. The number of anilines is 1. The van der Waals surface area contributed by atoms with E-state index in [1.165, 1.54) is 4.90 Å². The van der Waals surface area contributed by atoms with Gasteiger partial charge in [0.05, 0.1) is 16.6 Å². The fraction of sp³-hybridized carbons (Fsp3) is 0.467. The molecule has 0 saturated carbocycles. The number of nitrogens with one attached hydrogen (secondary N) is 1. The van der Waals surface area contributed by atoms with Crippen LogP contribution >= 0.6 is 11.6 Å². The minimum Gasteiger partial charge on any atom is -0.345 e. The van der Waals surface area contributed by atoms with Gasteiger partial charge >= 0.3 is 0 Å². The van der Waals surface area contributed by atoms with Crippen LogP contribution in [-0.4, -0.2) is 55.8 Å². The van der Waals surface area contributed by atoms with E-state index >= 15 is 0 Å². The Morgan fingerprint density at radius 3 is 2.29 bits per heavy atom. The van der Waals surface area contributed by atoms with E-state index in [0.717, 1.165) is 0 Å². The Morgan fingerprint density at radius 2 is 1.86 bits per heavy atom. The zero-order valence-electron chi connectivity index (χ0n) is 13.1. The first-order chi connectivity index (χ1) is 9.77. The lowest BCUT2D eigenvalue weighted by Crippen LogP contribution is -2.39. The molecule has 0 heterocycles. The van der Waals surface area contributed by atoms with Crippen molar-refractivity contribution in [3.05, 3.63) is 28.8 Å². The number of benzene rings is 1. The second kappa shape index (κ2) is 7.43. The molecule has 1 aromatic carbocycles. The van der Waals surface area contributed by atoms with Crippen LogP contribution in [0.3, 0.4) is 0 Å². The Kier molecular flexibility index (Phi) is 6.18. The molecule has 21 heavy (non-hydrogen) atoms. The fourth-order valence-corrected chi connectivity index (χ4v) is 2.28. The van der Waals surface area contributed by atoms with Crippen LogP contribution < -0.4 is 5.32 Å². The van der Waals surface area contributed by atoms with Crippen LogP contribution in [0, 0.1) is 0 Å². The van der Waals surface area contributed by atoms with E-state index in [1.54, 1.807) is 32.3 Å². The number of nitrogens with zero attached hydrogens (tertiary/aromatic N) is 2. The Labute approximate surface area is 130 Å². The van der Waals surface area contributed by atoms with Crippen molar-refractivity contribution in [1.29, 1.82) is 0 Å². The maximum atomic E-state index is 12.2. The van der Waals surface area contributed by atoms with Crippen LogP contribution in [-0.2, 0) is 4.79 Å². The van der Waals surface area contributed by atoms with Crippen LogP contribution in [0.1, 0.15) is 23.7 Å². The summed E-state index contributed by atoms with van der Waals surface area (Å²) in [4.78, 5) is 27.4. The molecule has 0 aliphatic carbocycles. The fourth-order valence-electron chi connectivity index (χ4n) is 2.02. The van der Waals surface area contributed by atoms with Crippen molar-refractivity contribution in [2.75, 3.05) is 33.5 Å². The standard InChI is InChI=1S/C15H22ClN3O2/c1-6-13(18(2)3)14(20)17-10-7-8-11(12(16)9-10)15(21)19(4)5/h7-9,13H,6H2,1-5H3,(H,17,20)/t13-/m0/s1. The van der Waals surface area contributed by atoms with Crippen LogP contribution in [0.5, 0.6) is 0 Å². The summed E-state index contributed by atoms with van der Waals surface area (Å²) in [7, 11) is 7.05. The van der Waals surface area contributed by atoms with Gasteiger partial charge in [0.15, 0.2) is 0 Å². The Balaban J connectivity index is 2.90. The van der Waals surface area contributed by atoms with Crippen molar-refractivity contribution in [1.82, 2.24) is 9.80 Å². The summed E-state index contributed by atoms with van der Waals surface area (Å²) in [5, 5.41) is 3.14. The average molecular weight is 312 g/mol. The molecular formula is C15H22ClN3O2. The molecule has 0 bridgehead atoms. The van der Waals surface area contributed by atoms with Gasteiger partial charge < -0.3 is 10.2 Å². The molecule has 0 fully saturated rings. The minimum atomic E-state index is -0.202. The first-order valence-electron chi connectivity index (χ1n) is 6.76. The van der Waals surface area contributed by atoms with Gasteiger partial charge in [-0.1, -0.05) is 18.5 Å². The number of carbonyl (C=O) groups excluding carboxylic acids is 2. The lowest BCUT2D eigenvalue weighted by molar-refractivity contribution is -0.120. The zero-order valence-corrected chi connectivity index (χ0v) is 13.9. The molecule has 116 valence electrons. The van der Waals surface area contributed by atoms with E-state index in [4.69, 9.17) is 11.6 Å². The Bertz CT molecular complexity index is 530. The third-order valence-electron chi connectivity index (χ3n) is 3.19. The second-order valence-electron chi connectivity index (χ2n) is 5.27. The van der Waals surface area contributed by atoms with Gasteiger partial charge in [-0.05, 0) is 38.7 Å². The Hall–Kier alpha value is -1.59. The molecule has 0 unspecified atom stereocenters. The number of likely N-dealkylation sites (N-methyl/N-ethyl adjacent to an activating group) is 1. The topological polar surface area (TPSA) is 52.7 Å². The van der Waals surface area contributed by atoms with Gasteiger partial charge in [0.25, 0.3) is 5.91 Å². The summed E-state index contributed by atoms with van der Waals surface area (Å²) in [6.45, 7) is 1.95. The largest absolute Gasteiger partial charge is 0.345 e. The van der Waals surface area contributed by atoms with Gasteiger partial charge in [-0.3, -0.25) is 14.5 Å². The smallest absolute Gasteiger partial charge is 0.254 e. The minimum absolute atomic E-state index is 0.0924. The summed E-state index contributed by atoms with van der Waals surface area (Å²) >= 11 is 6.12. The molecule has 5 nitrogen and oxygen atoms in total. The van der Waals surface area contributed by atoms with Crippen molar-refractivity contribution in [2.45, 2.75) is 19.4 Å². The van der Waals surface area contributed by atoms with Crippen LogP contribution in [0.2, 0.25) is 5.02 Å². The van der Waals surface area contributed by atoms with E-state index in [0.29, 0.717) is 22.7 Å². The lowest BCUT2D eigenvalue weighted by atomic mass is 10.1. The van der Waals surface area contributed by atoms with Crippen LogP contribution in [0.4, 0.5) is 5.69 Å². The summed E-state index contributed by atoms with van der Waals surface area (Å²) in [5.41, 5.74) is 1.000. The molecule has 1 rings (SSSR count). The third kappa shape index (κ3) is 4.44. The quantitative estimate of drug-likeness (QED) is 0.908. The van der Waals surface area contributed by atoms with E-state index < -0.39 is 0 Å². The summed E-state index contributed by atoms with van der Waals surface area (Å²) < 4.78 is 0. The first-order valence-corrected chi connectivity index (χ1v) is 7.14. The van der Waals surface area contributed by atoms with Crippen molar-refractivity contribution >= 4 is 29.1 Å². The molecule has 0 aromatic heterocycles. The maximum absolute atomic E-state index is 12.2. The molecule has 6 heteroatoms. The van der Waals surface area contributed by atoms with Gasteiger partial charge in [0.1, 0.15) is 0 Å². The van der Waals surface area contributed by atoms with Crippen molar-refractivity contribution in [3.63, 3.8) is 0 Å². The normalized spacial score (nSPS) is 12.1. The number of hydrogen-bond donors (Lipinski definition) is 1. The molecule has 2 amide bonds. The van der Waals surface area contributed by atoms with Gasteiger partial charge in [0, 0.05) is 19.8 Å². The molecule has 0 aliphatic rings. The monoisotopic (exact) mass is 311 g/mol. The predicted octanol–water partition coefficient (Wildman–Crippen LogP) is 2.32. The summed E-state index contributed by atoms with van der Waals surface area (Å²) in [6.07, 6.45) is 0.712. The lowest BCUT2D eigenvalue weighted by Gasteiger charge is -2.22. The van der Waals surface area contributed by atoms with Crippen molar-refractivity contribution in [3.8, 4) is 0 Å². The molecule has 0 radical (unpaired) electrons. The van der Waals surface area contributed by atoms with E-state index in [1.807, 2.05) is 25.9 Å². The molecule has 1 N–H and O–H groups in total. The van der Waals surface area contributed by atoms with Crippen molar-refractivity contribution < 1.29 is 9.59 Å². The molecule has 0 spiro atoms. The first kappa shape index (κ1) is 17.5. The number of amides is 2. The number of carbonyl (C=O) groups is 2. The van der Waals surface area contributed by atoms with Gasteiger partial charge in [0.2, 0.25) is 5.91 Å². The number of rotatable bonds is 5. The molecule has 0 saturated heterocycles. The molecule has 0 aliphatic heterocycles. The average Bonchev–Trinajstić information content (AvgIpc) is 2.38. The highest BCUT2D eigenvalue weighted by atomic mass is 35.5. The molecule has 1 aromatic rings. The summed E-state index contributed by atoms with van der Waals surface area (Å²) in [5.74, 6) is -0.261. The Morgan fingerprint density at radius 1 is 1.24 bits per heavy atom. The third-order valence-corrected chi connectivity index (χ3v) is 3.50. The van der Waals surface area contributed by atoms with Crippen LogP contribution in [0.25, 0.3) is 0 Å². The number of hydrogen-bond acceptors (Lipinski definition) is 3. The van der Waals surface area contributed by atoms with Gasteiger partial charge in [-0.2, -0.15) is 0 Å². The molecule has 1 atom stereocenters. The van der Waals surface area contributed by atoms with E-state index in [-0.39, 0.29) is 17.9 Å². The highest BCUT2D eigenvalue weighted by molar-refractivity contribution is 6.34.